The van der Waals surface area contributed by atoms with Crippen LogP contribution in [-0.4, -0.2) is 23.8 Å². The van der Waals surface area contributed by atoms with Gasteiger partial charge in [-0.1, -0.05) is 73.3 Å². The predicted molar refractivity (Wildman–Crippen MR) is 106 cm³/mol. The fourth-order valence-corrected chi connectivity index (χ4v) is 3.06. The first-order valence-electron chi connectivity index (χ1n) is 10.2. The number of rotatable bonds is 14. The van der Waals surface area contributed by atoms with Gasteiger partial charge in [-0.3, -0.25) is 0 Å². The Balaban J connectivity index is 4.25. The standard InChI is InChI=1S/C22H42O3/c1-8-17(4)9-11-19(6)20(7)12-10-18(5)15-21(13-14-23)25-22(24)16(2)3/h17-21,23H,2,8-15H2,1,3-7H3. The van der Waals surface area contributed by atoms with Gasteiger partial charge in [0.1, 0.15) is 6.10 Å². The summed E-state index contributed by atoms with van der Waals surface area (Å²) in [4.78, 5) is 11.7. The maximum absolute atomic E-state index is 11.7. The van der Waals surface area contributed by atoms with Crippen LogP contribution in [0.1, 0.15) is 86.5 Å². The van der Waals surface area contributed by atoms with Gasteiger partial charge in [-0.15, -0.1) is 0 Å². The topological polar surface area (TPSA) is 46.5 Å². The fraction of sp³-hybridized carbons (Fsp3) is 0.864. The first-order valence-corrected chi connectivity index (χ1v) is 10.2. The van der Waals surface area contributed by atoms with Crippen molar-refractivity contribution in [2.24, 2.45) is 23.7 Å². The minimum Gasteiger partial charge on any atom is -0.459 e. The molecular weight excluding hydrogens is 312 g/mol. The molecule has 1 N–H and O–H groups in total. The number of aliphatic hydroxyl groups is 1. The van der Waals surface area contributed by atoms with Crippen LogP contribution < -0.4 is 0 Å². The maximum atomic E-state index is 11.7. The number of esters is 1. The van der Waals surface area contributed by atoms with Gasteiger partial charge in [-0.2, -0.15) is 0 Å². The lowest BCUT2D eigenvalue weighted by Crippen LogP contribution is -2.23. The van der Waals surface area contributed by atoms with Crippen LogP contribution in [0.3, 0.4) is 0 Å². The Morgan fingerprint density at radius 1 is 0.960 bits per heavy atom. The number of carbonyl (C=O) groups is 1. The Morgan fingerprint density at radius 3 is 1.92 bits per heavy atom. The van der Waals surface area contributed by atoms with Crippen molar-refractivity contribution in [3.63, 3.8) is 0 Å². The molecule has 25 heavy (non-hydrogen) atoms. The largest absolute Gasteiger partial charge is 0.459 e. The van der Waals surface area contributed by atoms with Crippen LogP contribution in [0, 0.1) is 23.7 Å². The van der Waals surface area contributed by atoms with E-state index in [1.54, 1.807) is 6.92 Å². The summed E-state index contributed by atoms with van der Waals surface area (Å²) in [5, 5.41) is 9.20. The van der Waals surface area contributed by atoms with Crippen molar-refractivity contribution >= 4 is 5.97 Å². The average Bonchev–Trinajstić information content (AvgIpc) is 2.56. The second-order valence-corrected chi connectivity index (χ2v) is 8.28. The van der Waals surface area contributed by atoms with Gasteiger partial charge in [0.25, 0.3) is 0 Å². The molecule has 0 saturated heterocycles. The second-order valence-electron chi connectivity index (χ2n) is 8.28. The van der Waals surface area contributed by atoms with E-state index in [-0.39, 0.29) is 18.7 Å². The molecule has 0 aromatic carbocycles. The van der Waals surface area contributed by atoms with Crippen molar-refractivity contribution in [3.8, 4) is 0 Å². The molecule has 5 atom stereocenters. The molecule has 0 heterocycles. The number of aliphatic hydroxyl groups excluding tert-OH is 1. The van der Waals surface area contributed by atoms with Crippen LogP contribution in [0.4, 0.5) is 0 Å². The van der Waals surface area contributed by atoms with E-state index >= 15 is 0 Å². The van der Waals surface area contributed by atoms with Crippen LogP contribution in [0.25, 0.3) is 0 Å². The molecular formula is C22H42O3. The van der Waals surface area contributed by atoms with Crippen LogP contribution >= 0.6 is 0 Å². The third-order valence-corrected chi connectivity index (χ3v) is 5.64. The third kappa shape index (κ3) is 11.4. The Hall–Kier alpha value is -0.830. The van der Waals surface area contributed by atoms with Crippen LogP contribution in [-0.2, 0) is 9.53 Å². The van der Waals surface area contributed by atoms with Gasteiger partial charge in [0.15, 0.2) is 0 Å². The van der Waals surface area contributed by atoms with Crippen LogP contribution in [0.15, 0.2) is 12.2 Å². The molecule has 0 aromatic heterocycles. The Labute approximate surface area is 156 Å². The number of hydrogen-bond donors (Lipinski definition) is 1. The highest BCUT2D eigenvalue weighted by molar-refractivity contribution is 5.87. The van der Waals surface area contributed by atoms with E-state index in [0.29, 0.717) is 17.9 Å². The Bertz CT molecular complexity index is 377. The van der Waals surface area contributed by atoms with Crippen LogP contribution in [0.2, 0.25) is 0 Å². The average molecular weight is 355 g/mol. The molecule has 0 saturated carbocycles. The van der Waals surface area contributed by atoms with Gasteiger partial charge in [-0.25, -0.2) is 4.79 Å². The van der Waals surface area contributed by atoms with Crippen molar-refractivity contribution in [1.82, 2.24) is 0 Å². The van der Waals surface area contributed by atoms with Gasteiger partial charge >= 0.3 is 5.97 Å². The molecule has 5 unspecified atom stereocenters. The number of carbonyl (C=O) groups excluding carboxylic acids is 1. The summed E-state index contributed by atoms with van der Waals surface area (Å²) in [7, 11) is 0. The third-order valence-electron chi connectivity index (χ3n) is 5.64. The highest BCUT2D eigenvalue weighted by Gasteiger charge is 2.20. The summed E-state index contributed by atoms with van der Waals surface area (Å²) in [5.74, 6) is 2.45. The molecule has 0 aliphatic heterocycles. The van der Waals surface area contributed by atoms with Gasteiger partial charge in [0.2, 0.25) is 0 Å². The second kappa shape index (κ2) is 13.4. The fourth-order valence-electron chi connectivity index (χ4n) is 3.06. The van der Waals surface area contributed by atoms with Crippen molar-refractivity contribution in [3.05, 3.63) is 12.2 Å². The molecule has 3 heteroatoms. The summed E-state index contributed by atoms with van der Waals surface area (Å²) in [6.45, 7) is 16.9. The van der Waals surface area contributed by atoms with E-state index in [1.165, 1.54) is 25.7 Å². The lowest BCUT2D eigenvalue weighted by atomic mass is 9.83. The van der Waals surface area contributed by atoms with E-state index in [1.807, 2.05) is 0 Å². The molecule has 0 spiro atoms. The smallest absolute Gasteiger partial charge is 0.333 e. The summed E-state index contributed by atoms with van der Waals surface area (Å²) >= 11 is 0. The predicted octanol–water partition coefficient (Wildman–Crippen LogP) is 5.76. The quantitative estimate of drug-likeness (QED) is 0.318. The van der Waals surface area contributed by atoms with Crippen LogP contribution in [0.5, 0.6) is 0 Å². The van der Waals surface area contributed by atoms with E-state index in [9.17, 15) is 9.90 Å². The SMILES string of the molecule is C=C(C)C(=O)OC(CCO)CC(C)CCC(C)C(C)CCC(C)CC. The molecule has 3 nitrogen and oxygen atoms in total. The first-order chi connectivity index (χ1) is 11.7. The molecule has 0 radical (unpaired) electrons. The molecule has 0 fully saturated rings. The molecule has 0 bridgehead atoms. The lowest BCUT2D eigenvalue weighted by molar-refractivity contribution is -0.145. The minimum atomic E-state index is -0.349. The monoisotopic (exact) mass is 354 g/mol. The van der Waals surface area contributed by atoms with Crippen molar-refractivity contribution in [1.29, 1.82) is 0 Å². The zero-order chi connectivity index (χ0) is 19.4. The summed E-state index contributed by atoms with van der Waals surface area (Å²) in [5.41, 5.74) is 0.416. The molecule has 148 valence electrons. The van der Waals surface area contributed by atoms with Gasteiger partial charge in [-0.05, 0) is 37.0 Å². The highest BCUT2D eigenvalue weighted by atomic mass is 16.5. The summed E-state index contributed by atoms with van der Waals surface area (Å²) in [6.07, 6.45) is 7.37. The van der Waals surface area contributed by atoms with E-state index in [4.69, 9.17) is 4.74 Å². The van der Waals surface area contributed by atoms with Crippen molar-refractivity contribution < 1.29 is 14.6 Å². The summed E-state index contributed by atoms with van der Waals surface area (Å²) < 4.78 is 5.46. The molecule has 0 aromatic rings. The van der Waals surface area contributed by atoms with Gasteiger partial charge in [0, 0.05) is 18.6 Å². The Kier molecular flexibility index (Phi) is 12.9. The maximum Gasteiger partial charge on any atom is 0.333 e. The zero-order valence-electron chi connectivity index (χ0n) is 17.5. The van der Waals surface area contributed by atoms with Gasteiger partial charge in [0.05, 0.1) is 0 Å². The normalized spacial score (nSPS) is 17.4. The highest BCUT2D eigenvalue weighted by Crippen LogP contribution is 2.27. The number of ether oxygens (including phenoxy) is 1. The number of hydrogen-bond acceptors (Lipinski definition) is 3. The minimum absolute atomic E-state index is 0.0455. The molecule has 0 rings (SSSR count). The molecule has 0 aliphatic carbocycles. The molecule has 0 aliphatic rings. The van der Waals surface area contributed by atoms with Crippen molar-refractivity contribution in [2.75, 3.05) is 6.61 Å². The Morgan fingerprint density at radius 2 is 1.48 bits per heavy atom. The van der Waals surface area contributed by atoms with Crippen molar-refractivity contribution in [2.45, 2.75) is 92.6 Å². The van der Waals surface area contributed by atoms with E-state index in [2.05, 4.69) is 41.2 Å². The van der Waals surface area contributed by atoms with E-state index in [0.717, 1.165) is 30.6 Å². The van der Waals surface area contributed by atoms with Gasteiger partial charge < -0.3 is 9.84 Å². The lowest BCUT2D eigenvalue weighted by Gasteiger charge is -2.25. The summed E-state index contributed by atoms with van der Waals surface area (Å²) in [6, 6.07) is 0. The first kappa shape index (κ1) is 24.2. The molecule has 0 amide bonds. The zero-order valence-corrected chi connectivity index (χ0v) is 17.5. The van der Waals surface area contributed by atoms with E-state index < -0.39 is 0 Å².